The number of nitrogens with two attached hydrogens (primary N) is 1. The van der Waals surface area contributed by atoms with Crippen LogP contribution in [0.3, 0.4) is 0 Å². The minimum absolute atomic E-state index is 0.122. The van der Waals surface area contributed by atoms with Crippen LogP contribution < -0.4 is 5.73 Å². The van der Waals surface area contributed by atoms with Crippen LogP contribution in [0.4, 0.5) is 11.4 Å². The van der Waals surface area contributed by atoms with E-state index in [1.54, 1.807) is 12.1 Å². The lowest BCUT2D eigenvalue weighted by Gasteiger charge is -2.25. The number of anilines is 1. The second-order valence-electron chi connectivity index (χ2n) is 6.06. The van der Waals surface area contributed by atoms with Crippen molar-refractivity contribution in [3.05, 3.63) is 33.9 Å². The Morgan fingerprint density at radius 1 is 1.29 bits per heavy atom. The van der Waals surface area contributed by atoms with Crippen LogP contribution in [0.25, 0.3) is 0 Å². The lowest BCUT2D eigenvalue weighted by atomic mass is 10.1. The highest BCUT2D eigenvalue weighted by atomic mass is 16.6. The molecule has 2 N–H and O–H groups in total. The number of benzene rings is 1. The molecule has 2 saturated heterocycles. The van der Waals surface area contributed by atoms with Gasteiger partial charge < -0.3 is 5.73 Å². The van der Waals surface area contributed by atoms with Gasteiger partial charge >= 0.3 is 0 Å². The Hall–Kier alpha value is -1.66. The van der Waals surface area contributed by atoms with Gasteiger partial charge in [-0.25, -0.2) is 0 Å². The fraction of sp³-hybridized carbons (Fsp3) is 0.600. The Bertz CT molecular complexity index is 534. The number of non-ortho nitro benzene ring substituents is 1. The van der Waals surface area contributed by atoms with Gasteiger partial charge in [0.1, 0.15) is 0 Å². The molecule has 2 aliphatic rings. The van der Waals surface area contributed by atoms with E-state index < -0.39 is 0 Å². The van der Waals surface area contributed by atoms with E-state index in [1.807, 2.05) is 0 Å². The summed E-state index contributed by atoms with van der Waals surface area (Å²) in [4.78, 5) is 15.5. The highest BCUT2D eigenvalue weighted by molar-refractivity contribution is 5.52. The van der Waals surface area contributed by atoms with Gasteiger partial charge in [0.15, 0.2) is 0 Å². The molecule has 1 atom stereocenters. The van der Waals surface area contributed by atoms with E-state index in [-0.39, 0.29) is 10.6 Å². The molecule has 2 fully saturated rings. The molecule has 0 aromatic heterocycles. The molecule has 2 heterocycles. The third kappa shape index (κ3) is 3.16. The molecule has 1 unspecified atom stereocenters. The average Bonchev–Trinajstić information content (AvgIpc) is 2.80. The predicted octanol–water partition coefficient (Wildman–Crippen LogP) is 1.85. The summed E-state index contributed by atoms with van der Waals surface area (Å²) in [6, 6.07) is 5.38. The summed E-state index contributed by atoms with van der Waals surface area (Å²) in [6.07, 6.45) is 3.71. The molecule has 3 rings (SSSR count). The van der Waals surface area contributed by atoms with Crippen LogP contribution in [0.2, 0.25) is 0 Å². The topological polar surface area (TPSA) is 75.6 Å². The van der Waals surface area contributed by atoms with Crippen LogP contribution >= 0.6 is 0 Å². The highest BCUT2D eigenvalue weighted by Crippen LogP contribution is 2.25. The number of nitrogens with zero attached hydrogens (tertiary/aromatic N) is 3. The van der Waals surface area contributed by atoms with Crippen molar-refractivity contribution in [2.24, 2.45) is 0 Å². The SMILES string of the molecule is Nc1ccc([N+](=O)[O-])cc1CN1CCCN2CCCC2C1. The van der Waals surface area contributed by atoms with Crippen LogP contribution in [0.15, 0.2) is 18.2 Å². The van der Waals surface area contributed by atoms with E-state index in [0.29, 0.717) is 18.3 Å². The number of hydrogen-bond acceptors (Lipinski definition) is 5. The van der Waals surface area contributed by atoms with E-state index in [0.717, 1.165) is 25.1 Å². The van der Waals surface area contributed by atoms with Gasteiger partial charge in [-0.3, -0.25) is 19.9 Å². The van der Waals surface area contributed by atoms with Crippen molar-refractivity contribution in [1.29, 1.82) is 0 Å². The van der Waals surface area contributed by atoms with E-state index in [1.165, 1.54) is 32.0 Å². The number of nitro groups is 1. The molecule has 0 saturated carbocycles. The van der Waals surface area contributed by atoms with Crippen molar-refractivity contribution in [3.8, 4) is 0 Å². The Balaban J connectivity index is 1.73. The fourth-order valence-electron chi connectivity index (χ4n) is 3.51. The van der Waals surface area contributed by atoms with Crippen molar-refractivity contribution >= 4 is 11.4 Å². The zero-order valence-corrected chi connectivity index (χ0v) is 12.2. The largest absolute Gasteiger partial charge is 0.398 e. The molecule has 1 aromatic carbocycles. The molecule has 1 aromatic rings. The molecule has 21 heavy (non-hydrogen) atoms. The monoisotopic (exact) mass is 290 g/mol. The van der Waals surface area contributed by atoms with Gasteiger partial charge in [-0.1, -0.05) is 0 Å². The number of fused-ring (bicyclic) bond motifs is 1. The first-order valence-electron chi connectivity index (χ1n) is 7.62. The smallest absolute Gasteiger partial charge is 0.269 e. The molecule has 0 aliphatic carbocycles. The Morgan fingerprint density at radius 2 is 2.10 bits per heavy atom. The minimum Gasteiger partial charge on any atom is -0.398 e. The summed E-state index contributed by atoms with van der Waals surface area (Å²) in [5.41, 5.74) is 7.63. The third-order valence-corrected chi connectivity index (χ3v) is 4.62. The van der Waals surface area contributed by atoms with Gasteiger partial charge in [-0.05, 0) is 50.5 Å². The number of nitro benzene ring substituents is 1. The maximum absolute atomic E-state index is 10.9. The van der Waals surface area contributed by atoms with E-state index in [2.05, 4.69) is 9.80 Å². The van der Waals surface area contributed by atoms with Crippen molar-refractivity contribution in [2.45, 2.75) is 31.8 Å². The maximum atomic E-state index is 10.9. The predicted molar refractivity (Wildman–Crippen MR) is 82.0 cm³/mol. The Morgan fingerprint density at radius 3 is 2.90 bits per heavy atom. The summed E-state index contributed by atoms with van der Waals surface area (Å²) in [5.74, 6) is 0. The molecule has 0 spiro atoms. The zero-order chi connectivity index (χ0) is 14.8. The number of rotatable bonds is 3. The first kappa shape index (κ1) is 14.3. The van der Waals surface area contributed by atoms with Gasteiger partial charge in [0, 0.05) is 37.0 Å². The van der Waals surface area contributed by atoms with Crippen LogP contribution in [0, 0.1) is 10.1 Å². The third-order valence-electron chi connectivity index (χ3n) is 4.62. The standard InChI is InChI=1S/C15H22N4O2/c16-15-5-4-13(19(20)21)9-12(15)10-17-6-2-8-18-7-1-3-14(18)11-17/h4-5,9,14H,1-3,6-8,10-11,16H2. The van der Waals surface area contributed by atoms with E-state index >= 15 is 0 Å². The Labute approximate surface area is 124 Å². The second-order valence-corrected chi connectivity index (χ2v) is 6.06. The van der Waals surface area contributed by atoms with Crippen molar-refractivity contribution in [3.63, 3.8) is 0 Å². The van der Waals surface area contributed by atoms with Gasteiger partial charge in [0.25, 0.3) is 5.69 Å². The van der Waals surface area contributed by atoms with E-state index in [4.69, 9.17) is 5.73 Å². The summed E-state index contributed by atoms with van der Waals surface area (Å²) in [6.45, 7) is 5.18. The maximum Gasteiger partial charge on any atom is 0.269 e. The molecule has 6 heteroatoms. The molecule has 114 valence electrons. The summed E-state index contributed by atoms with van der Waals surface area (Å²) in [5, 5.41) is 10.9. The van der Waals surface area contributed by atoms with Crippen molar-refractivity contribution in [1.82, 2.24) is 9.80 Å². The normalized spacial score (nSPS) is 23.7. The molecule has 0 radical (unpaired) electrons. The lowest BCUT2D eigenvalue weighted by Crippen LogP contribution is -2.36. The van der Waals surface area contributed by atoms with Gasteiger partial charge in [0.2, 0.25) is 0 Å². The first-order chi connectivity index (χ1) is 10.1. The fourth-order valence-corrected chi connectivity index (χ4v) is 3.51. The number of nitrogen functional groups attached to an aromatic ring is 1. The van der Waals surface area contributed by atoms with Crippen molar-refractivity contribution in [2.75, 3.05) is 31.9 Å². The molecular formula is C15H22N4O2. The number of hydrogen-bond donors (Lipinski definition) is 1. The molecule has 0 amide bonds. The summed E-state index contributed by atoms with van der Waals surface area (Å²) in [7, 11) is 0. The average molecular weight is 290 g/mol. The van der Waals surface area contributed by atoms with Gasteiger partial charge in [0.05, 0.1) is 4.92 Å². The van der Waals surface area contributed by atoms with Crippen LogP contribution in [-0.4, -0.2) is 46.9 Å². The summed E-state index contributed by atoms with van der Waals surface area (Å²) < 4.78 is 0. The zero-order valence-electron chi connectivity index (χ0n) is 12.2. The second kappa shape index (κ2) is 5.99. The first-order valence-corrected chi connectivity index (χ1v) is 7.62. The van der Waals surface area contributed by atoms with Crippen LogP contribution in [0.1, 0.15) is 24.8 Å². The summed E-state index contributed by atoms with van der Waals surface area (Å²) >= 11 is 0. The van der Waals surface area contributed by atoms with E-state index in [9.17, 15) is 10.1 Å². The van der Waals surface area contributed by atoms with Crippen LogP contribution in [0.5, 0.6) is 0 Å². The molecule has 2 aliphatic heterocycles. The van der Waals surface area contributed by atoms with Crippen molar-refractivity contribution < 1.29 is 4.92 Å². The molecule has 0 bridgehead atoms. The molecular weight excluding hydrogens is 268 g/mol. The lowest BCUT2D eigenvalue weighted by molar-refractivity contribution is -0.384. The Kier molecular flexibility index (Phi) is 4.07. The highest BCUT2D eigenvalue weighted by Gasteiger charge is 2.28. The van der Waals surface area contributed by atoms with Gasteiger partial charge in [-0.15, -0.1) is 0 Å². The quantitative estimate of drug-likeness (QED) is 0.522. The van der Waals surface area contributed by atoms with Crippen LogP contribution in [-0.2, 0) is 6.54 Å². The minimum atomic E-state index is -0.357. The molecule has 6 nitrogen and oxygen atoms in total. The van der Waals surface area contributed by atoms with Gasteiger partial charge in [-0.2, -0.15) is 0 Å².